The minimum absolute atomic E-state index is 0.187. The lowest BCUT2D eigenvalue weighted by molar-refractivity contribution is -0.126. The van der Waals surface area contributed by atoms with Gasteiger partial charge in [-0.1, -0.05) is 19.8 Å². The zero-order valence-corrected chi connectivity index (χ0v) is 9.75. The summed E-state index contributed by atoms with van der Waals surface area (Å²) in [7, 11) is 0. The number of rotatable bonds is 4. The lowest BCUT2D eigenvalue weighted by Crippen LogP contribution is -2.39. The molecule has 2 fully saturated rings. The van der Waals surface area contributed by atoms with Gasteiger partial charge in [0, 0.05) is 12.6 Å². The van der Waals surface area contributed by atoms with Gasteiger partial charge in [-0.2, -0.15) is 0 Å². The molecule has 3 heteroatoms. The topological polar surface area (TPSA) is 41.1 Å². The van der Waals surface area contributed by atoms with E-state index in [9.17, 15) is 4.79 Å². The third-order valence-electron chi connectivity index (χ3n) is 3.63. The van der Waals surface area contributed by atoms with E-state index < -0.39 is 0 Å². The summed E-state index contributed by atoms with van der Waals surface area (Å²) in [6.45, 7) is 6.11. The average Bonchev–Trinajstić information content (AvgIpc) is 2.85. The number of nitrogens with one attached hydrogen (secondary N) is 2. The van der Waals surface area contributed by atoms with E-state index in [0.29, 0.717) is 12.0 Å². The van der Waals surface area contributed by atoms with Crippen molar-refractivity contribution in [3.63, 3.8) is 0 Å². The van der Waals surface area contributed by atoms with Crippen LogP contribution < -0.4 is 10.6 Å². The van der Waals surface area contributed by atoms with Gasteiger partial charge in [0.2, 0.25) is 5.91 Å². The molecule has 86 valence electrons. The predicted octanol–water partition coefficient (Wildman–Crippen LogP) is 1.15. The highest BCUT2D eigenvalue weighted by molar-refractivity contribution is 5.79. The molecule has 1 aliphatic heterocycles. The van der Waals surface area contributed by atoms with Gasteiger partial charge in [-0.25, -0.2) is 0 Å². The van der Waals surface area contributed by atoms with Crippen molar-refractivity contribution in [1.82, 2.24) is 10.6 Å². The highest BCUT2D eigenvalue weighted by atomic mass is 16.2. The molecular weight excluding hydrogens is 188 g/mol. The summed E-state index contributed by atoms with van der Waals surface area (Å²) < 4.78 is 0. The van der Waals surface area contributed by atoms with Gasteiger partial charge in [0.05, 0.1) is 5.92 Å². The molecule has 3 nitrogen and oxygen atoms in total. The Labute approximate surface area is 92.0 Å². The van der Waals surface area contributed by atoms with Gasteiger partial charge in [-0.3, -0.25) is 4.79 Å². The van der Waals surface area contributed by atoms with Crippen molar-refractivity contribution in [3.8, 4) is 0 Å². The Hall–Kier alpha value is -0.570. The van der Waals surface area contributed by atoms with Crippen LogP contribution in [0.25, 0.3) is 0 Å². The molecule has 1 heterocycles. The van der Waals surface area contributed by atoms with Crippen molar-refractivity contribution in [1.29, 1.82) is 0 Å². The van der Waals surface area contributed by atoms with Crippen LogP contribution in [-0.2, 0) is 4.79 Å². The highest BCUT2D eigenvalue weighted by Crippen LogP contribution is 2.33. The molecule has 2 N–H and O–H groups in total. The molecular formula is C12H22N2O. The minimum Gasteiger partial charge on any atom is -0.353 e. The fourth-order valence-corrected chi connectivity index (χ4v) is 2.42. The fourth-order valence-electron chi connectivity index (χ4n) is 2.42. The second-order valence-corrected chi connectivity index (χ2v) is 5.33. The molecule has 0 bridgehead atoms. The molecule has 3 unspecified atom stereocenters. The van der Waals surface area contributed by atoms with E-state index in [4.69, 9.17) is 0 Å². The highest BCUT2D eigenvalue weighted by Gasteiger charge is 2.31. The molecule has 1 saturated carbocycles. The van der Waals surface area contributed by atoms with Gasteiger partial charge in [-0.15, -0.1) is 0 Å². The quantitative estimate of drug-likeness (QED) is 0.731. The zero-order valence-electron chi connectivity index (χ0n) is 9.75. The summed E-state index contributed by atoms with van der Waals surface area (Å²) in [5.41, 5.74) is 0. The molecule has 0 aromatic carbocycles. The van der Waals surface area contributed by atoms with Gasteiger partial charge in [-0.05, 0) is 31.7 Å². The van der Waals surface area contributed by atoms with Crippen LogP contribution in [0.3, 0.4) is 0 Å². The number of carbonyl (C=O) groups is 1. The van der Waals surface area contributed by atoms with Crippen molar-refractivity contribution in [3.05, 3.63) is 0 Å². The normalized spacial score (nSPS) is 32.7. The van der Waals surface area contributed by atoms with Crippen molar-refractivity contribution >= 4 is 5.91 Å². The van der Waals surface area contributed by atoms with E-state index in [1.54, 1.807) is 0 Å². The molecule has 0 aromatic heterocycles. The molecule has 15 heavy (non-hydrogen) atoms. The Morgan fingerprint density at radius 3 is 2.73 bits per heavy atom. The van der Waals surface area contributed by atoms with Crippen LogP contribution in [0.2, 0.25) is 0 Å². The monoisotopic (exact) mass is 210 g/mol. The fraction of sp³-hybridized carbons (Fsp3) is 0.917. The Morgan fingerprint density at radius 2 is 2.20 bits per heavy atom. The molecule has 2 aliphatic rings. The van der Waals surface area contributed by atoms with E-state index in [0.717, 1.165) is 19.0 Å². The van der Waals surface area contributed by atoms with Crippen LogP contribution in [0.5, 0.6) is 0 Å². The van der Waals surface area contributed by atoms with Crippen LogP contribution in [0.4, 0.5) is 0 Å². The van der Waals surface area contributed by atoms with Crippen molar-refractivity contribution in [2.24, 2.45) is 17.8 Å². The standard InChI is InChI=1S/C12H22N2O/c1-8-6-13-7-11(8)12(15)14-9(2)5-10-3-4-10/h8-11,13H,3-7H2,1-2H3,(H,14,15). The first-order valence-corrected chi connectivity index (χ1v) is 6.18. The lowest BCUT2D eigenvalue weighted by atomic mass is 9.97. The Kier molecular flexibility index (Phi) is 3.29. The Balaban J connectivity index is 1.74. The van der Waals surface area contributed by atoms with Gasteiger partial charge in [0.25, 0.3) is 0 Å². The van der Waals surface area contributed by atoms with Crippen molar-refractivity contribution in [2.45, 2.75) is 39.2 Å². The average molecular weight is 210 g/mol. The van der Waals surface area contributed by atoms with Gasteiger partial charge >= 0.3 is 0 Å². The van der Waals surface area contributed by atoms with E-state index in [1.807, 2.05) is 0 Å². The van der Waals surface area contributed by atoms with Crippen molar-refractivity contribution < 1.29 is 4.79 Å². The molecule has 1 saturated heterocycles. The summed E-state index contributed by atoms with van der Waals surface area (Å²) in [5, 5.41) is 6.41. The number of carbonyl (C=O) groups excluding carboxylic acids is 1. The Morgan fingerprint density at radius 1 is 1.47 bits per heavy atom. The Bertz CT molecular complexity index is 238. The SMILES string of the molecule is CC(CC1CC1)NC(=O)C1CNCC1C. The summed E-state index contributed by atoms with van der Waals surface area (Å²) in [6, 6.07) is 0.359. The molecule has 1 aliphatic carbocycles. The van der Waals surface area contributed by atoms with Crippen LogP contribution in [-0.4, -0.2) is 25.0 Å². The smallest absolute Gasteiger partial charge is 0.224 e. The zero-order chi connectivity index (χ0) is 10.8. The largest absolute Gasteiger partial charge is 0.353 e. The van der Waals surface area contributed by atoms with Crippen molar-refractivity contribution in [2.75, 3.05) is 13.1 Å². The first kappa shape index (κ1) is 10.9. The van der Waals surface area contributed by atoms with Crippen LogP contribution >= 0.6 is 0 Å². The number of amides is 1. The first-order chi connectivity index (χ1) is 7.16. The first-order valence-electron chi connectivity index (χ1n) is 6.18. The van der Waals surface area contributed by atoms with Crippen LogP contribution in [0, 0.1) is 17.8 Å². The molecule has 1 amide bonds. The maximum absolute atomic E-state index is 11.9. The predicted molar refractivity (Wildman–Crippen MR) is 60.5 cm³/mol. The molecule has 0 spiro atoms. The lowest BCUT2D eigenvalue weighted by Gasteiger charge is -2.18. The van der Waals surface area contributed by atoms with Gasteiger partial charge in [0.15, 0.2) is 0 Å². The number of hydrogen-bond acceptors (Lipinski definition) is 2. The second-order valence-electron chi connectivity index (χ2n) is 5.33. The van der Waals surface area contributed by atoms with E-state index in [2.05, 4.69) is 24.5 Å². The van der Waals surface area contributed by atoms with Crippen LogP contribution in [0.15, 0.2) is 0 Å². The third kappa shape index (κ3) is 2.94. The van der Waals surface area contributed by atoms with E-state index >= 15 is 0 Å². The van der Waals surface area contributed by atoms with E-state index in [1.165, 1.54) is 19.3 Å². The van der Waals surface area contributed by atoms with Crippen LogP contribution in [0.1, 0.15) is 33.1 Å². The van der Waals surface area contributed by atoms with Gasteiger partial charge in [0.1, 0.15) is 0 Å². The summed E-state index contributed by atoms with van der Waals surface area (Å²) in [6.07, 6.45) is 3.89. The minimum atomic E-state index is 0.187. The van der Waals surface area contributed by atoms with E-state index in [-0.39, 0.29) is 11.8 Å². The summed E-state index contributed by atoms with van der Waals surface area (Å²) >= 11 is 0. The summed E-state index contributed by atoms with van der Waals surface area (Å²) in [4.78, 5) is 11.9. The molecule has 0 aromatic rings. The molecule has 2 rings (SSSR count). The summed E-state index contributed by atoms with van der Waals surface area (Å²) in [5.74, 6) is 1.81. The molecule has 0 radical (unpaired) electrons. The third-order valence-corrected chi connectivity index (χ3v) is 3.63. The maximum atomic E-state index is 11.9. The molecule has 3 atom stereocenters. The van der Waals surface area contributed by atoms with Gasteiger partial charge < -0.3 is 10.6 Å². The number of hydrogen-bond donors (Lipinski definition) is 2. The second kappa shape index (κ2) is 4.52. The maximum Gasteiger partial charge on any atom is 0.224 e.